The van der Waals surface area contributed by atoms with Gasteiger partial charge in [0.1, 0.15) is 6.54 Å². The first-order valence-corrected chi connectivity index (χ1v) is 8.65. The van der Waals surface area contributed by atoms with Crippen molar-refractivity contribution in [3.8, 4) is 0 Å². The molecule has 1 fully saturated rings. The summed E-state index contributed by atoms with van der Waals surface area (Å²) < 4.78 is 27.7. The lowest BCUT2D eigenvalue weighted by Crippen LogP contribution is -2.51. The molecule has 3 rings (SSSR count). The molecule has 2 heterocycles. The Labute approximate surface area is 158 Å². The number of hydrogen-bond acceptors (Lipinski definition) is 5. The van der Waals surface area contributed by atoms with Crippen LogP contribution in [0.1, 0.15) is 17.9 Å². The van der Waals surface area contributed by atoms with Crippen molar-refractivity contribution in [2.75, 3.05) is 13.1 Å². The van der Waals surface area contributed by atoms with E-state index in [-0.39, 0.29) is 18.2 Å². The molecule has 28 heavy (non-hydrogen) atoms. The lowest BCUT2D eigenvalue weighted by atomic mass is 9.86. The van der Waals surface area contributed by atoms with Crippen LogP contribution in [0.3, 0.4) is 0 Å². The number of halogens is 2. The van der Waals surface area contributed by atoms with Gasteiger partial charge in [-0.2, -0.15) is 0 Å². The summed E-state index contributed by atoms with van der Waals surface area (Å²) in [5.41, 5.74) is -0.274. The molecule has 0 bridgehead atoms. The predicted molar refractivity (Wildman–Crippen MR) is 95.9 cm³/mol. The van der Waals surface area contributed by atoms with E-state index in [0.717, 1.165) is 35.0 Å². The summed E-state index contributed by atoms with van der Waals surface area (Å²) in [6.07, 6.45) is 1.61. The van der Waals surface area contributed by atoms with Crippen LogP contribution in [0.15, 0.2) is 41.3 Å². The van der Waals surface area contributed by atoms with Gasteiger partial charge in [0, 0.05) is 30.6 Å². The summed E-state index contributed by atoms with van der Waals surface area (Å²) in [6, 6.07) is 5.35. The average molecular weight is 392 g/mol. The lowest BCUT2D eigenvalue weighted by Gasteiger charge is -2.33. The van der Waals surface area contributed by atoms with Crippen molar-refractivity contribution < 1.29 is 18.5 Å². The molecule has 8 nitrogen and oxygen atoms in total. The summed E-state index contributed by atoms with van der Waals surface area (Å²) in [5.74, 6) is -2.64. The molecule has 1 saturated heterocycles. The molecule has 2 atom stereocenters. The molecule has 0 aliphatic carbocycles. The van der Waals surface area contributed by atoms with Gasteiger partial charge in [-0.3, -0.25) is 24.3 Å². The Kier molecular flexibility index (Phi) is 5.78. The Morgan fingerprint density at radius 2 is 2.07 bits per heavy atom. The van der Waals surface area contributed by atoms with Gasteiger partial charge in [0.25, 0.3) is 11.2 Å². The highest BCUT2D eigenvalue weighted by atomic mass is 19.2. The number of hydrogen-bond donors (Lipinski definition) is 2. The van der Waals surface area contributed by atoms with Gasteiger partial charge in [-0.1, -0.05) is 6.07 Å². The van der Waals surface area contributed by atoms with E-state index in [0.29, 0.717) is 25.1 Å². The minimum absolute atomic E-state index is 0.234. The summed E-state index contributed by atoms with van der Waals surface area (Å²) >= 11 is 0. The predicted octanol–water partition coefficient (Wildman–Crippen LogP) is 1.30. The Morgan fingerprint density at radius 1 is 1.29 bits per heavy atom. The quantitative estimate of drug-likeness (QED) is 0.589. The van der Waals surface area contributed by atoms with Gasteiger partial charge in [0.05, 0.1) is 11.1 Å². The van der Waals surface area contributed by atoms with Crippen molar-refractivity contribution in [3.05, 3.63) is 74.2 Å². The van der Waals surface area contributed by atoms with Crippen LogP contribution in [-0.4, -0.2) is 34.5 Å². The molecule has 2 aromatic rings. The number of aromatic nitrogens is 1. The zero-order valence-corrected chi connectivity index (χ0v) is 14.7. The summed E-state index contributed by atoms with van der Waals surface area (Å²) in [5, 5.41) is 16.7. The second-order valence-electron chi connectivity index (χ2n) is 6.56. The third-order valence-electron chi connectivity index (χ3n) is 4.69. The fraction of sp³-hybridized carbons (Fsp3) is 0.333. The summed E-state index contributed by atoms with van der Waals surface area (Å²) in [7, 11) is 0. The zero-order valence-electron chi connectivity index (χ0n) is 14.7. The van der Waals surface area contributed by atoms with Gasteiger partial charge in [-0.25, -0.2) is 8.78 Å². The van der Waals surface area contributed by atoms with Crippen LogP contribution in [0.5, 0.6) is 0 Å². The zero-order chi connectivity index (χ0) is 20.3. The maximum atomic E-state index is 13.6. The first kappa shape index (κ1) is 19.6. The van der Waals surface area contributed by atoms with E-state index in [1.54, 1.807) is 0 Å². The first-order chi connectivity index (χ1) is 13.3. The Hall–Kier alpha value is -3.14. The number of pyridine rings is 1. The smallest absolute Gasteiger partial charge is 0.285 e. The molecule has 148 valence electrons. The Morgan fingerprint density at radius 3 is 2.79 bits per heavy atom. The van der Waals surface area contributed by atoms with E-state index >= 15 is 0 Å². The van der Waals surface area contributed by atoms with Crippen LogP contribution >= 0.6 is 0 Å². The lowest BCUT2D eigenvalue weighted by molar-refractivity contribution is -0.385. The van der Waals surface area contributed by atoms with Crippen LogP contribution in [0.25, 0.3) is 0 Å². The number of benzene rings is 1. The van der Waals surface area contributed by atoms with Crippen LogP contribution in [0, 0.1) is 21.7 Å². The summed E-state index contributed by atoms with van der Waals surface area (Å²) in [6.45, 7) is 0.682. The van der Waals surface area contributed by atoms with Crippen molar-refractivity contribution in [1.82, 2.24) is 15.2 Å². The molecule has 1 aliphatic heterocycles. The van der Waals surface area contributed by atoms with Crippen LogP contribution < -0.4 is 16.2 Å². The molecule has 2 N–H and O–H groups in total. The van der Waals surface area contributed by atoms with Crippen molar-refractivity contribution in [3.63, 3.8) is 0 Å². The number of nitrogens with one attached hydrogen (secondary N) is 2. The maximum absolute atomic E-state index is 13.6. The number of carbonyl (C=O) groups excluding carboxylic acids is 1. The Balaban J connectivity index is 1.74. The largest absolute Gasteiger partial charge is 0.350 e. The van der Waals surface area contributed by atoms with E-state index < -0.39 is 34.1 Å². The number of rotatable bonds is 5. The standard InChI is InChI=1S/C18H18F2N4O4/c19-14-3-1-11(7-15(14)20)13-5-6-21-8-16(13)22-17(25)10-23-9-12(24(27)28)2-4-18(23)26/h1-4,7,9,13,16,21H,5-6,8,10H2,(H,22,25). The van der Waals surface area contributed by atoms with E-state index in [1.165, 1.54) is 6.07 Å². The van der Waals surface area contributed by atoms with E-state index in [1.807, 2.05) is 0 Å². The van der Waals surface area contributed by atoms with Crippen LogP contribution in [-0.2, 0) is 11.3 Å². The second kappa shape index (κ2) is 8.26. The van der Waals surface area contributed by atoms with Crippen molar-refractivity contribution in [1.29, 1.82) is 0 Å². The second-order valence-corrected chi connectivity index (χ2v) is 6.56. The number of piperidine rings is 1. The molecule has 1 aromatic carbocycles. The number of amides is 1. The molecular formula is C18H18F2N4O4. The van der Waals surface area contributed by atoms with Crippen LogP contribution in [0.2, 0.25) is 0 Å². The molecule has 1 aromatic heterocycles. The summed E-state index contributed by atoms with van der Waals surface area (Å²) in [4.78, 5) is 34.4. The van der Waals surface area contributed by atoms with Gasteiger partial charge in [-0.15, -0.1) is 0 Å². The van der Waals surface area contributed by atoms with Gasteiger partial charge < -0.3 is 10.6 Å². The number of carbonyl (C=O) groups is 1. The van der Waals surface area contributed by atoms with E-state index in [4.69, 9.17) is 0 Å². The molecule has 1 amide bonds. The number of nitrogens with zero attached hydrogens (tertiary/aromatic N) is 2. The molecule has 0 spiro atoms. The van der Waals surface area contributed by atoms with Crippen molar-refractivity contribution >= 4 is 11.6 Å². The van der Waals surface area contributed by atoms with E-state index in [9.17, 15) is 28.5 Å². The molecule has 2 unspecified atom stereocenters. The maximum Gasteiger partial charge on any atom is 0.285 e. The Bertz CT molecular complexity index is 963. The van der Waals surface area contributed by atoms with Gasteiger partial charge in [0.2, 0.25) is 5.91 Å². The third-order valence-corrected chi connectivity index (χ3v) is 4.69. The fourth-order valence-corrected chi connectivity index (χ4v) is 3.31. The molecule has 0 saturated carbocycles. The van der Waals surface area contributed by atoms with Gasteiger partial charge in [-0.05, 0) is 30.7 Å². The highest BCUT2D eigenvalue weighted by Crippen LogP contribution is 2.27. The normalized spacial score (nSPS) is 19.2. The fourth-order valence-electron chi connectivity index (χ4n) is 3.31. The first-order valence-electron chi connectivity index (χ1n) is 8.65. The minimum atomic E-state index is -0.954. The monoisotopic (exact) mass is 392 g/mol. The molecule has 0 radical (unpaired) electrons. The minimum Gasteiger partial charge on any atom is -0.350 e. The van der Waals surface area contributed by atoms with Crippen molar-refractivity contribution in [2.24, 2.45) is 0 Å². The van der Waals surface area contributed by atoms with E-state index in [2.05, 4.69) is 10.6 Å². The highest BCUT2D eigenvalue weighted by Gasteiger charge is 2.28. The molecule has 10 heteroatoms. The molecular weight excluding hydrogens is 374 g/mol. The number of nitro groups is 1. The SMILES string of the molecule is O=C(Cn1cc([N+](=O)[O-])ccc1=O)NC1CNCCC1c1ccc(F)c(F)c1. The highest BCUT2D eigenvalue weighted by molar-refractivity contribution is 5.76. The topological polar surface area (TPSA) is 106 Å². The van der Waals surface area contributed by atoms with Crippen molar-refractivity contribution in [2.45, 2.75) is 24.9 Å². The van der Waals surface area contributed by atoms with Gasteiger partial charge >= 0.3 is 0 Å². The van der Waals surface area contributed by atoms with Crippen LogP contribution in [0.4, 0.5) is 14.5 Å². The van der Waals surface area contributed by atoms with Gasteiger partial charge in [0.15, 0.2) is 11.6 Å². The average Bonchev–Trinajstić information content (AvgIpc) is 2.66. The molecule has 1 aliphatic rings. The third kappa shape index (κ3) is 4.39.